The zero-order valence-electron chi connectivity index (χ0n) is 16.0. The largest absolute Gasteiger partial charge is 0.435 e. The number of nitrogens with one attached hydrogen (secondary N) is 1. The minimum absolute atomic E-state index is 0.0782. The van der Waals surface area contributed by atoms with Gasteiger partial charge in [-0.15, -0.1) is 0 Å². The molecular formula is C22H20ClF2N3O2. The number of hydrogen-bond acceptors (Lipinski definition) is 4. The molecule has 0 saturated carbocycles. The molecule has 1 aromatic heterocycles. The summed E-state index contributed by atoms with van der Waals surface area (Å²) in [6, 6.07) is 17.0. The van der Waals surface area contributed by atoms with E-state index in [-0.39, 0.29) is 18.2 Å². The number of nitrogens with zero attached hydrogens (tertiary/aromatic N) is 2. The summed E-state index contributed by atoms with van der Waals surface area (Å²) in [5.74, 6) is -0.129. The van der Waals surface area contributed by atoms with Gasteiger partial charge in [0.1, 0.15) is 5.75 Å². The van der Waals surface area contributed by atoms with Crippen LogP contribution in [0.3, 0.4) is 0 Å². The summed E-state index contributed by atoms with van der Waals surface area (Å²) in [6.45, 7) is -1.97. The van der Waals surface area contributed by atoms with Crippen molar-refractivity contribution < 1.29 is 18.3 Å². The molecule has 0 aliphatic heterocycles. The Bertz CT molecular complexity index is 956. The summed E-state index contributed by atoms with van der Waals surface area (Å²) < 4.78 is 29.5. The topological polar surface area (TPSA) is 54.5 Å². The summed E-state index contributed by atoms with van der Waals surface area (Å²) in [7, 11) is 0. The van der Waals surface area contributed by atoms with Crippen molar-refractivity contribution >= 4 is 23.2 Å². The molecule has 1 amide bonds. The minimum atomic E-state index is -2.89. The second kappa shape index (κ2) is 10.7. The van der Waals surface area contributed by atoms with Crippen molar-refractivity contribution in [2.75, 3.05) is 11.9 Å². The van der Waals surface area contributed by atoms with E-state index in [1.54, 1.807) is 54.9 Å². The van der Waals surface area contributed by atoms with Crippen LogP contribution in [-0.2, 0) is 17.9 Å². The van der Waals surface area contributed by atoms with Crippen molar-refractivity contribution in [1.82, 2.24) is 9.88 Å². The molecule has 0 atom stereocenters. The molecule has 156 valence electrons. The van der Waals surface area contributed by atoms with Gasteiger partial charge >= 0.3 is 6.61 Å². The number of alkyl halides is 2. The van der Waals surface area contributed by atoms with Gasteiger partial charge in [0.25, 0.3) is 0 Å². The van der Waals surface area contributed by atoms with Gasteiger partial charge in [-0.25, -0.2) is 0 Å². The molecule has 2 aromatic carbocycles. The number of rotatable bonds is 9. The van der Waals surface area contributed by atoms with Crippen LogP contribution in [0.1, 0.15) is 11.1 Å². The molecule has 0 spiro atoms. The van der Waals surface area contributed by atoms with E-state index in [1.165, 1.54) is 6.07 Å². The van der Waals surface area contributed by atoms with Crippen LogP contribution < -0.4 is 10.1 Å². The Balaban J connectivity index is 1.71. The van der Waals surface area contributed by atoms with Crippen LogP contribution >= 0.6 is 11.6 Å². The third-order valence-corrected chi connectivity index (χ3v) is 4.41. The molecule has 0 unspecified atom stereocenters. The molecule has 0 bridgehead atoms. The zero-order valence-corrected chi connectivity index (χ0v) is 16.7. The fourth-order valence-corrected chi connectivity index (χ4v) is 3.06. The monoisotopic (exact) mass is 431 g/mol. The predicted octanol–water partition coefficient (Wildman–Crippen LogP) is 4.98. The van der Waals surface area contributed by atoms with Gasteiger partial charge in [-0.1, -0.05) is 29.8 Å². The van der Waals surface area contributed by atoms with Crippen LogP contribution in [0.2, 0.25) is 5.02 Å². The standard InChI is InChI=1S/C22H20ClF2N3O2/c23-18-6-8-19(9-7-18)27-21(29)15-28(14-17-4-2-10-26-12-17)13-16-3-1-5-20(11-16)30-22(24)25/h1-12,22H,13-15H2,(H,27,29). The van der Waals surface area contributed by atoms with Crippen LogP contribution in [0.25, 0.3) is 0 Å². The summed E-state index contributed by atoms with van der Waals surface area (Å²) in [6.07, 6.45) is 3.40. The van der Waals surface area contributed by atoms with Crippen molar-refractivity contribution in [1.29, 1.82) is 0 Å². The number of ether oxygens (including phenoxy) is 1. The number of aromatic nitrogens is 1. The number of carbonyl (C=O) groups is 1. The number of carbonyl (C=O) groups excluding carboxylic acids is 1. The molecule has 30 heavy (non-hydrogen) atoms. The molecule has 3 rings (SSSR count). The maximum Gasteiger partial charge on any atom is 0.387 e. The SMILES string of the molecule is O=C(CN(Cc1cccnc1)Cc1cccc(OC(F)F)c1)Nc1ccc(Cl)cc1. The van der Waals surface area contributed by atoms with Crippen LogP contribution in [0, 0.1) is 0 Å². The lowest BCUT2D eigenvalue weighted by atomic mass is 10.2. The number of pyridine rings is 1. The van der Waals surface area contributed by atoms with E-state index in [9.17, 15) is 13.6 Å². The molecule has 0 saturated heterocycles. The third-order valence-electron chi connectivity index (χ3n) is 4.15. The highest BCUT2D eigenvalue weighted by molar-refractivity contribution is 6.30. The molecule has 1 heterocycles. The highest BCUT2D eigenvalue weighted by Crippen LogP contribution is 2.19. The lowest BCUT2D eigenvalue weighted by molar-refractivity contribution is -0.117. The Morgan fingerprint density at radius 2 is 1.80 bits per heavy atom. The Morgan fingerprint density at radius 1 is 1.07 bits per heavy atom. The first-order valence-electron chi connectivity index (χ1n) is 9.18. The van der Waals surface area contributed by atoms with Crippen LogP contribution in [0.5, 0.6) is 5.75 Å². The molecule has 3 aromatic rings. The Morgan fingerprint density at radius 3 is 2.50 bits per heavy atom. The normalized spacial score (nSPS) is 11.0. The molecule has 8 heteroatoms. The Hall–Kier alpha value is -3.03. The fraction of sp³-hybridized carbons (Fsp3) is 0.182. The second-order valence-corrected chi connectivity index (χ2v) is 7.02. The highest BCUT2D eigenvalue weighted by Gasteiger charge is 2.14. The molecule has 0 fully saturated rings. The number of amides is 1. The first kappa shape index (κ1) is 21.7. The molecule has 1 N–H and O–H groups in total. The molecule has 0 radical (unpaired) electrons. The Kier molecular flexibility index (Phi) is 7.70. The predicted molar refractivity (Wildman–Crippen MR) is 112 cm³/mol. The van der Waals surface area contributed by atoms with E-state index in [1.807, 2.05) is 17.0 Å². The van der Waals surface area contributed by atoms with E-state index in [2.05, 4.69) is 15.0 Å². The molecule has 5 nitrogen and oxygen atoms in total. The quantitative estimate of drug-likeness (QED) is 0.519. The minimum Gasteiger partial charge on any atom is -0.435 e. The van der Waals surface area contributed by atoms with E-state index >= 15 is 0 Å². The highest BCUT2D eigenvalue weighted by atomic mass is 35.5. The lowest BCUT2D eigenvalue weighted by Crippen LogP contribution is -2.32. The summed E-state index contributed by atoms with van der Waals surface area (Å²) in [5.41, 5.74) is 2.31. The van der Waals surface area contributed by atoms with Gasteiger partial charge in [-0.3, -0.25) is 14.7 Å². The van der Waals surface area contributed by atoms with Gasteiger partial charge in [-0.2, -0.15) is 8.78 Å². The Labute approximate surface area is 178 Å². The van der Waals surface area contributed by atoms with Gasteiger partial charge in [0, 0.05) is 36.2 Å². The van der Waals surface area contributed by atoms with E-state index < -0.39 is 6.61 Å². The molecular weight excluding hydrogens is 412 g/mol. The van der Waals surface area contributed by atoms with Crippen molar-refractivity contribution in [3.8, 4) is 5.75 Å². The van der Waals surface area contributed by atoms with Gasteiger partial charge < -0.3 is 10.1 Å². The number of halogens is 3. The van der Waals surface area contributed by atoms with Crippen LogP contribution in [0.4, 0.5) is 14.5 Å². The maximum atomic E-state index is 12.6. The van der Waals surface area contributed by atoms with E-state index in [0.717, 1.165) is 11.1 Å². The molecule has 0 aliphatic rings. The van der Waals surface area contributed by atoms with Gasteiger partial charge in [0.2, 0.25) is 5.91 Å². The van der Waals surface area contributed by atoms with Crippen molar-refractivity contribution in [3.05, 3.63) is 89.2 Å². The maximum absolute atomic E-state index is 12.6. The second-order valence-electron chi connectivity index (χ2n) is 6.59. The number of hydrogen-bond donors (Lipinski definition) is 1. The van der Waals surface area contributed by atoms with E-state index in [0.29, 0.717) is 23.8 Å². The summed E-state index contributed by atoms with van der Waals surface area (Å²) in [5, 5.41) is 3.41. The average Bonchev–Trinajstić information content (AvgIpc) is 2.70. The van der Waals surface area contributed by atoms with Gasteiger partial charge in [0.05, 0.1) is 6.54 Å². The van der Waals surface area contributed by atoms with E-state index in [4.69, 9.17) is 11.6 Å². The van der Waals surface area contributed by atoms with Crippen LogP contribution in [0.15, 0.2) is 73.1 Å². The first-order valence-corrected chi connectivity index (χ1v) is 9.56. The number of anilines is 1. The van der Waals surface area contributed by atoms with Gasteiger partial charge in [0.15, 0.2) is 0 Å². The third kappa shape index (κ3) is 7.09. The smallest absolute Gasteiger partial charge is 0.387 e. The van der Waals surface area contributed by atoms with Gasteiger partial charge in [-0.05, 0) is 53.6 Å². The van der Waals surface area contributed by atoms with Crippen molar-refractivity contribution in [3.63, 3.8) is 0 Å². The lowest BCUT2D eigenvalue weighted by Gasteiger charge is -2.22. The first-order chi connectivity index (χ1) is 14.5. The molecule has 0 aliphatic carbocycles. The number of benzene rings is 2. The van der Waals surface area contributed by atoms with Crippen molar-refractivity contribution in [2.24, 2.45) is 0 Å². The average molecular weight is 432 g/mol. The van der Waals surface area contributed by atoms with Crippen LogP contribution in [-0.4, -0.2) is 28.9 Å². The summed E-state index contributed by atoms with van der Waals surface area (Å²) in [4.78, 5) is 18.6. The zero-order chi connectivity index (χ0) is 21.3. The fourth-order valence-electron chi connectivity index (χ4n) is 2.93. The van der Waals surface area contributed by atoms with Crippen molar-refractivity contribution in [2.45, 2.75) is 19.7 Å². The summed E-state index contributed by atoms with van der Waals surface area (Å²) >= 11 is 5.87.